The molecule has 6 atom stereocenters. The quantitative estimate of drug-likeness (QED) is 0.462. The van der Waals surface area contributed by atoms with Crippen LogP contribution < -0.4 is 0 Å². The second-order valence-electron chi connectivity index (χ2n) is 11.8. The third kappa shape index (κ3) is 0.999. The number of fused-ring (bicyclic) bond motifs is 4. The lowest BCUT2D eigenvalue weighted by molar-refractivity contribution is -0.509. The van der Waals surface area contributed by atoms with Gasteiger partial charge in [-0.3, -0.25) is 0 Å². The molecule has 6 unspecified atom stereocenters. The zero-order valence-electron chi connectivity index (χ0n) is 17.4. The van der Waals surface area contributed by atoms with Crippen molar-refractivity contribution in [1.29, 1.82) is 0 Å². The van der Waals surface area contributed by atoms with Crippen molar-refractivity contribution >= 4 is 0 Å². The summed E-state index contributed by atoms with van der Waals surface area (Å²) >= 11 is 0. The Kier molecular flexibility index (Phi) is 2.68. The molecule has 0 heteroatoms. The second-order valence-corrected chi connectivity index (χ2v) is 11.8. The van der Waals surface area contributed by atoms with E-state index in [0.717, 1.165) is 11.8 Å². The van der Waals surface area contributed by atoms with Gasteiger partial charge in [-0.2, -0.15) is 0 Å². The van der Waals surface area contributed by atoms with Gasteiger partial charge in [-0.05, 0) is 56.2 Å². The summed E-state index contributed by atoms with van der Waals surface area (Å²) in [5.41, 5.74) is 2.95. The summed E-state index contributed by atoms with van der Waals surface area (Å²) in [6, 6.07) is 0. The fraction of sp³-hybridized carbons (Fsp3) is 1.00. The van der Waals surface area contributed by atoms with Gasteiger partial charge in [-0.1, -0.05) is 83.1 Å². The summed E-state index contributed by atoms with van der Waals surface area (Å²) < 4.78 is 0. The van der Waals surface area contributed by atoms with Crippen LogP contribution in [0.5, 0.6) is 0 Å². The first kappa shape index (κ1) is 16.8. The maximum absolute atomic E-state index is 2.67. The van der Waals surface area contributed by atoms with Crippen molar-refractivity contribution < 1.29 is 0 Å². The van der Waals surface area contributed by atoms with Gasteiger partial charge in [0.1, 0.15) is 0 Å². The first-order valence-corrected chi connectivity index (χ1v) is 9.52. The zero-order chi connectivity index (χ0) is 17.4. The molecule has 0 saturated heterocycles. The Balaban J connectivity index is 2.33. The van der Waals surface area contributed by atoms with Crippen LogP contribution in [-0.2, 0) is 0 Å². The molecule has 0 aromatic heterocycles. The van der Waals surface area contributed by atoms with E-state index in [9.17, 15) is 0 Å². The van der Waals surface area contributed by atoms with Crippen LogP contribution in [0.2, 0.25) is 0 Å². The maximum Gasteiger partial charge on any atom is -0.0143 e. The van der Waals surface area contributed by atoms with Gasteiger partial charge in [-0.25, -0.2) is 0 Å². The van der Waals surface area contributed by atoms with E-state index in [2.05, 4.69) is 83.1 Å². The molecule has 0 aromatic carbocycles. The van der Waals surface area contributed by atoms with Gasteiger partial charge in [0.25, 0.3) is 0 Å². The third-order valence-electron chi connectivity index (χ3n) is 12.0. The van der Waals surface area contributed by atoms with Crippen molar-refractivity contribution in [2.45, 2.75) is 89.5 Å². The van der Waals surface area contributed by atoms with Crippen LogP contribution in [0.25, 0.3) is 0 Å². The second kappa shape index (κ2) is 3.50. The molecule has 0 aromatic rings. The van der Waals surface area contributed by atoms with Crippen molar-refractivity contribution in [3.05, 3.63) is 0 Å². The highest BCUT2D eigenvalue weighted by Gasteiger charge is 2.94. The number of rotatable bonds is 0. The smallest absolute Gasteiger partial charge is 0.0143 e. The molecule has 22 heavy (non-hydrogen) atoms. The molecule has 0 radical (unpaired) electrons. The first-order valence-electron chi connectivity index (χ1n) is 9.52. The van der Waals surface area contributed by atoms with E-state index in [0.29, 0.717) is 37.9 Å². The van der Waals surface area contributed by atoms with Crippen molar-refractivity contribution in [2.75, 3.05) is 0 Å². The zero-order valence-corrected chi connectivity index (χ0v) is 17.4. The molecule has 3 rings (SSSR count). The molecule has 0 spiro atoms. The molecule has 0 aliphatic heterocycles. The van der Waals surface area contributed by atoms with Crippen molar-refractivity contribution in [1.82, 2.24) is 0 Å². The molecule has 3 saturated carbocycles. The molecular formula is C22H40. The van der Waals surface area contributed by atoms with E-state index in [-0.39, 0.29) is 0 Å². The largest absolute Gasteiger partial charge is 0.0617 e. The van der Waals surface area contributed by atoms with Gasteiger partial charge in [0.05, 0.1) is 0 Å². The van der Waals surface area contributed by atoms with Crippen molar-refractivity contribution in [2.24, 2.45) is 49.7 Å². The molecule has 0 bridgehead atoms. The Labute approximate surface area is 139 Å². The number of hydrogen-bond acceptors (Lipinski definition) is 0. The molecular weight excluding hydrogens is 264 g/mol. The minimum Gasteiger partial charge on any atom is -0.0617 e. The average Bonchev–Trinajstić information content (AvgIpc) is 2.39. The summed E-state index contributed by atoms with van der Waals surface area (Å²) in [6.45, 7) is 31.0. The van der Waals surface area contributed by atoms with Crippen LogP contribution in [0.15, 0.2) is 0 Å². The molecule has 3 aliphatic carbocycles. The fourth-order valence-electron chi connectivity index (χ4n) is 9.58. The fourth-order valence-corrected chi connectivity index (χ4v) is 9.58. The molecule has 0 nitrogen and oxygen atoms in total. The van der Waals surface area contributed by atoms with Crippen LogP contribution >= 0.6 is 0 Å². The highest BCUT2D eigenvalue weighted by atomic mass is 15.0. The molecule has 0 amide bonds. The first-order chi connectivity index (χ1) is 9.52. The molecule has 0 N–H and O–H groups in total. The topological polar surface area (TPSA) is 0 Å². The summed E-state index contributed by atoms with van der Waals surface area (Å²) in [5, 5.41) is 0. The van der Waals surface area contributed by atoms with Crippen molar-refractivity contribution in [3.8, 4) is 0 Å². The van der Waals surface area contributed by atoms with Gasteiger partial charge in [0.15, 0.2) is 0 Å². The Morgan fingerprint density at radius 3 is 1.27 bits per heavy atom. The van der Waals surface area contributed by atoms with E-state index in [1.807, 2.05) is 0 Å². The van der Waals surface area contributed by atoms with E-state index in [1.165, 1.54) is 6.42 Å². The van der Waals surface area contributed by atoms with Crippen LogP contribution in [0.4, 0.5) is 0 Å². The average molecular weight is 305 g/mol. The summed E-state index contributed by atoms with van der Waals surface area (Å²) in [5.74, 6) is 1.53. The maximum atomic E-state index is 2.67. The third-order valence-corrected chi connectivity index (χ3v) is 12.0. The molecule has 3 fully saturated rings. The monoisotopic (exact) mass is 304 g/mol. The van der Waals surface area contributed by atoms with Gasteiger partial charge < -0.3 is 0 Å². The van der Waals surface area contributed by atoms with E-state index in [4.69, 9.17) is 0 Å². The standard InChI is InChI=1S/C22H40/c1-14-15(2)18(7,8)22(12)20(10)16(3,4)13-19(20,9)21(22,11)17(14,5)6/h14-15H,13H2,1-12H3. The van der Waals surface area contributed by atoms with Crippen LogP contribution in [0.1, 0.15) is 89.5 Å². The molecule has 0 heterocycles. The Morgan fingerprint density at radius 2 is 0.909 bits per heavy atom. The molecule has 3 aliphatic rings. The summed E-state index contributed by atoms with van der Waals surface area (Å²) in [7, 11) is 0. The lowest BCUT2D eigenvalue weighted by Gasteiger charge is -2.98. The van der Waals surface area contributed by atoms with Crippen LogP contribution in [-0.4, -0.2) is 0 Å². The van der Waals surface area contributed by atoms with Gasteiger partial charge in [0, 0.05) is 0 Å². The minimum atomic E-state index is 0.378. The summed E-state index contributed by atoms with van der Waals surface area (Å²) in [6.07, 6.45) is 1.39. The van der Waals surface area contributed by atoms with E-state index in [1.54, 1.807) is 0 Å². The predicted octanol–water partition coefficient (Wildman–Crippen LogP) is 6.79. The predicted molar refractivity (Wildman–Crippen MR) is 96.7 cm³/mol. The van der Waals surface area contributed by atoms with Gasteiger partial charge in [0.2, 0.25) is 0 Å². The minimum absolute atomic E-state index is 0.378. The normalized spacial score (nSPS) is 60.5. The Morgan fingerprint density at radius 1 is 0.545 bits per heavy atom. The van der Waals surface area contributed by atoms with E-state index < -0.39 is 0 Å². The number of hydrogen-bond donors (Lipinski definition) is 0. The van der Waals surface area contributed by atoms with Crippen LogP contribution in [0, 0.1) is 49.7 Å². The van der Waals surface area contributed by atoms with Gasteiger partial charge >= 0.3 is 0 Å². The Hall–Kier alpha value is 0. The summed E-state index contributed by atoms with van der Waals surface area (Å²) in [4.78, 5) is 0. The highest BCUT2D eigenvalue weighted by molar-refractivity contribution is 5.41. The van der Waals surface area contributed by atoms with Crippen molar-refractivity contribution in [3.63, 3.8) is 0 Å². The lowest BCUT2D eigenvalue weighted by Crippen LogP contribution is -2.93. The Bertz CT molecular complexity index is 538. The highest BCUT2D eigenvalue weighted by Crippen LogP contribution is 2.99. The lowest BCUT2D eigenvalue weighted by atomic mass is 9.06. The van der Waals surface area contributed by atoms with Crippen LogP contribution in [0.3, 0.4) is 0 Å². The van der Waals surface area contributed by atoms with Gasteiger partial charge in [-0.15, -0.1) is 0 Å². The van der Waals surface area contributed by atoms with E-state index >= 15 is 0 Å². The SMILES string of the molecule is CC1C(C)C(C)(C)C2(C)C3(C)C(C)(C)CC3(C)C2(C)C1(C)C. The molecule has 128 valence electrons.